The number of rotatable bonds is 3. The summed E-state index contributed by atoms with van der Waals surface area (Å²) in [4.78, 5) is 0. The Hall–Kier alpha value is -6.64. The van der Waals surface area contributed by atoms with Crippen molar-refractivity contribution < 1.29 is 4.74 Å². The molecule has 0 fully saturated rings. The molecule has 1 aliphatic rings. The van der Waals surface area contributed by atoms with Crippen LogP contribution in [0.15, 0.2) is 176 Å². The van der Waals surface area contributed by atoms with Gasteiger partial charge in [0.05, 0.1) is 11.0 Å². The third-order valence-corrected chi connectivity index (χ3v) is 10.6. The van der Waals surface area contributed by atoms with Crippen LogP contribution in [-0.2, 0) is 0 Å². The van der Waals surface area contributed by atoms with Crippen molar-refractivity contribution in [1.29, 1.82) is 0 Å². The van der Waals surface area contributed by atoms with Gasteiger partial charge in [0.15, 0.2) is 0 Å². The van der Waals surface area contributed by atoms with Crippen molar-refractivity contribution in [3.63, 3.8) is 0 Å². The van der Waals surface area contributed by atoms with Crippen LogP contribution in [0.3, 0.4) is 0 Å². The van der Waals surface area contributed by atoms with E-state index in [0.717, 1.165) is 22.7 Å². The third-order valence-electron chi connectivity index (χ3n) is 10.6. The minimum atomic E-state index is 0.907. The van der Waals surface area contributed by atoms with E-state index in [1.807, 2.05) is 12.1 Å². The van der Waals surface area contributed by atoms with Crippen molar-refractivity contribution in [3.05, 3.63) is 176 Å². The van der Waals surface area contributed by atoms with Crippen molar-refractivity contribution >= 4 is 54.1 Å². The highest BCUT2D eigenvalue weighted by Crippen LogP contribution is 2.49. The van der Waals surface area contributed by atoms with Gasteiger partial charge in [0, 0.05) is 38.2 Å². The summed E-state index contributed by atoms with van der Waals surface area (Å²) in [5.41, 5.74) is 10.8. The zero-order chi connectivity index (χ0) is 32.8. The van der Waals surface area contributed by atoms with Gasteiger partial charge in [0.1, 0.15) is 11.5 Å². The monoisotopic (exact) mass is 635 g/mol. The van der Waals surface area contributed by atoms with Crippen LogP contribution < -0.4 is 4.74 Å². The topological polar surface area (TPSA) is 14.2 Å². The Balaban J connectivity index is 1.11. The summed E-state index contributed by atoms with van der Waals surface area (Å²) in [7, 11) is 0. The molecule has 0 N–H and O–H groups in total. The van der Waals surface area contributed by atoms with Crippen LogP contribution in [-0.4, -0.2) is 4.57 Å². The smallest absolute Gasteiger partial charge is 0.135 e. The fourth-order valence-electron chi connectivity index (χ4n) is 8.37. The van der Waals surface area contributed by atoms with E-state index in [0.29, 0.717) is 0 Å². The molecule has 10 aromatic rings. The number of fused-ring (bicyclic) bond motifs is 9. The molecule has 0 unspecified atom stereocenters. The fraction of sp³-hybridized carbons (Fsp3) is 0. The fourth-order valence-corrected chi connectivity index (χ4v) is 8.37. The molecule has 0 radical (unpaired) electrons. The summed E-state index contributed by atoms with van der Waals surface area (Å²) in [5, 5.41) is 9.91. The van der Waals surface area contributed by atoms with Crippen molar-refractivity contribution in [2.24, 2.45) is 0 Å². The lowest BCUT2D eigenvalue weighted by atomic mass is 9.88. The molecule has 11 rings (SSSR count). The molecule has 1 aromatic heterocycles. The first-order valence-corrected chi connectivity index (χ1v) is 17.2. The van der Waals surface area contributed by atoms with Gasteiger partial charge in [0.2, 0.25) is 0 Å². The average Bonchev–Trinajstić information content (AvgIpc) is 3.54. The largest absolute Gasteiger partial charge is 0.456 e. The molecule has 0 spiro atoms. The molecule has 0 bridgehead atoms. The molecule has 232 valence electrons. The van der Waals surface area contributed by atoms with Gasteiger partial charge >= 0.3 is 0 Å². The Morgan fingerprint density at radius 1 is 0.320 bits per heavy atom. The third kappa shape index (κ3) is 3.85. The normalized spacial score (nSPS) is 12.2. The maximum Gasteiger partial charge on any atom is 0.135 e. The first-order chi connectivity index (χ1) is 24.8. The SMILES string of the molecule is c1ccc2c(c1)Oc1ccc(-c3ccccc3-c3ccc(-n4c5c6ccccc6ccc5c5ccc6ccccc6c54)cc3)c3cccc-2c13. The first kappa shape index (κ1) is 27.3. The van der Waals surface area contributed by atoms with Gasteiger partial charge in [0.25, 0.3) is 0 Å². The van der Waals surface area contributed by atoms with Crippen molar-refractivity contribution in [2.45, 2.75) is 0 Å². The summed E-state index contributed by atoms with van der Waals surface area (Å²) in [6.45, 7) is 0. The highest BCUT2D eigenvalue weighted by Gasteiger charge is 2.22. The molecule has 2 heteroatoms. The molecule has 0 aliphatic carbocycles. The lowest BCUT2D eigenvalue weighted by Crippen LogP contribution is -1.98. The van der Waals surface area contributed by atoms with Crippen LogP contribution in [0.25, 0.3) is 93.2 Å². The van der Waals surface area contributed by atoms with Crippen molar-refractivity contribution in [3.8, 4) is 50.6 Å². The number of hydrogen-bond acceptors (Lipinski definition) is 1. The van der Waals surface area contributed by atoms with E-state index in [2.05, 4.69) is 168 Å². The summed E-state index contributed by atoms with van der Waals surface area (Å²) >= 11 is 0. The standard InChI is InChI=1S/C48H29NO/c1-3-13-35-30(10-1)22-26-42-43-27-23-31-11-2-4-14-36(31)48(43)49(47(35)42)33-24-20-32(21-25-33)34-12-5-6-15-37(34)38-28-29-45-46-40(38)17-9-18-41(46)39-16-7-8-19-44(39)50-45/h1-29H. The van der Waals surface area contributed by atoms with Gasteiger partial charge < -0.3 is 9.30 Å². The molecule has 2 nitrogen and oxygen atoms in total. The van der Waals surface area contributed by atoms with E-state index < -0.39 is 0 Å². The summed E-state index contributed by atoms with van der Waals surface area (Å²) < 4.78 is 8.90. The Kier molecular flexibility index (Phi) is 5.70. The van der Waals surface area contributed by atoms with Crippen LogP contribution in [0.1, 0.15) is 0 Å². The lowest BCUT2D eigenvalue weighted by molar-refractivity contribution is 0.487. The summed E-state index contributed by atoms with van der Waals surface area (Å²) in [6.07, 6.45) is 0. The predicted molar refractivity (Wildman–Crippen MR) is 210 cm³/mol. The first-order valence-electron chi connectivity index (χ1n) is 17.2. The van der Waals surface area contributed by atoms with Crippen LogP contribution >= 0.6 is 0 Å². The molecular weight excluding hydrogens is 607 g/mol. The van der Waals surface area contributed by atoms with Crippen LogP contribution in [0.2, 0.25) is 0 Å². The van der Waals surface area contributed by atoms with Gasteiger partial charge in [-0.3, -0.25) is 0 Å². The lowest BCUT2D eigenvalue weighted by Gasteiger charge is -2.23. The molecule has 0 saturated carbocycles. The average molecular weight is 636 g/mol. The minimum absolute atomic E-state index is 0.907. The number of para-hydroxylation sites is 1. The number of ether oxygens (including phenoxy) is 1. The molecule has 9 aromatic carbocycles. The Bertz CT molecular complexity index is 2910. The van der Waals surface area contributed by atoms with Gasteiger partial charge in [-0.2, -0.15) is 0 Å². The quantitative estimate of drug-likeness (QED) is 0.188. The van der Waals surface area contributed by atoms with Crippen molar-refractivity contribution in [1.82, 2.24) is 4.57 Å². The second-order valence-corrected chi connectivity index (χ2v) is 13.2. The molecule has 0 saturated heterocycles. The van der Waals surface area contributed by atoms with Crippen molar-refractivity contribution in [2.75, 3.05) is 0 Å². The van der Waals surface area contributed by atoms with E-state index in [-0.39, 0.29) is 0 Å². The maximum atomic E-state index is 6.42. The van der Waals surface area contributed by atoms with Crippen LogP contribution in [0.5, 0.6) is 11.5 Å². The summed E-state index contributed by atoms with van der Waals surface area (Å²) in [6, 6.07) is 63.8. The molecule has 1 aliphatic heterocycles. The summed E-state index contributed by atoms with van der Waals surface area (Å²) in [5.74, 6) is 1.82. The maximum absolute atomic E-state index is 6.42. The minimum Gasteiger partial charge on any atom is -0.456 e. The van der Waals surface area contributed by atoms with Gasteiger partial charge in [-0.05, 0) is 68.2 Å². The highest BCUT2D eigenvalue weighted by atomic mass is 16.5. The predicted octanol–water partition coefficient (Wildman–Crippen LogP) is 13.3. The molecule has 0 atom stereocenters. The van der Waals surface area contributed by atoms with Crippen LogP contribution in [0.4, 0.5) is 0 Å². The van der Waals surface area contributed by atoms with Crippen LogP contribution in [0, 0.1) is 0 Å². The van der Waals surface area contributed by atoms with Gasteiger partial charge in [-0.25, -0.2) is 0 Å². The zero-order valence-electron chi connectivity index (χ0n) is 27.1. The second-order valence-electron chi connectivity index (χ2n) is 13.2. The number of nitrogens with zero attached hydrogens (tertiary/aromatic N) is 1. The zero-order valence-corrected chi connectivity index (χ0v) is 27.1. The van der Waals surface area contributed by atoms with E-state index in [1.165, 1.54) is 81.9 Å². The van der Waals surface area contributed by atoms with E-state index >= 15 is 0 Å². The Morgan fingerprint density at radius 2 is 0.900 bits per heavy atom. The van der Waals surface area contributed by atoms with E-state index in [1.54, 1.807) is 0 Å². The van der Waals surface area contributed by atoms with Gasteiger partial charge in [-0.15, -0.1) is 0 Å². The number of hydrogen-bond donors (Lipinski definition) is 0. The van der Waals surface area contributed by atoms with E-state index in [9.17, 15) is 0 Å². The highest BCUT2D eigenvalue weighted by molar-refractivity contribution is 6.24. The molecule has 50 heavy (non-hydrogen) atoms. The van der Waals surface area contributed by atoms with Gasteiger partial charge in [-0.1, -0.05) is 152 Å². The number of benzene rings is 9. The molecule has 2 heterocycles. The Morgan fingerprint density at radius 3 is 1.62 bits per heavy atom. The molecule has 0 amide bonds. The molecular formula is C48H29NO. The second kappa shape index (κ2) is 10.4. The number of aromatic nitrogens is 1. The Labute approximate surface area is 289 Å². The van der Waals surface area contributed by atoms with E-state index in [4.69, 9.17) is 4.74 Å².